The number of nitrogens with zero attached hydrogens (tertiary/aromatic N) is 2. The molecule has 1 amide bonds. The molecule has 4 aromatic rings. The minimum atomic E-state index is -0.118. The van der Waals surface area contributed by atoms with Gasteiger partial charge in [0.1, 0.15) is 11.6 Å². The molecule has 0 radical (unpaired) electrons. The van der Waals surface area contributed by atoms with E-state index in [1.54, 1.807) is 12.1 Å². The van der Waals surface area contributed by atoms with Crippen molar-refractivity contribution < 1.29 is 9.53 Å². The molecular weight excluding hydrogens is 502 g/mol. The number of aromatic nitrogens is 2. The molecule has 5 nitrogen and oxygen atoms in total. The number of ether oxygens (including phenoxy) is 1. The molecule has 3 aromatic carbocycles. The summed E-state index contributed by atoms with van der Waals surface area (Å²) < 4.78 is 9.00. The van der Waals surface area contributed by atoms with E-state index in [9.17, 15) is 4.79 Å². The van der Waals surface area contributed by atoms with Crippen LogP contribution in [0.3, 0.4) is 0 Å². The fourth-order valence-electron chi connectivity index (χ4n) is 3.64. The van der Waals surface area contributed by atoms with Gasteiger partial charge in [-0.2, -0.15) is 0 Å². The van der Waals surface area contributed by atoms with Gasteiger partial charge in [-0.25, -0.2) is 4.98 Å². The number of halogens is 2. The average Bonchev–Trinajstić information content (AvgIpc) is 3.17. The van der Waals surface area contributed by atoms with Gasteiger partial charge in [-0.3, -0.25) is 4.79 Å². The highest BCUT2D eigenvalue weighted by molar-refractivity contribution is 9.10. The number of aryl methyl sites for hydroxylation is 2. The monoisotopic (exact) mass is 525 g/mol. The Kier molecular flexibility index (Phi) is 7.68. The maximum atomic E-state index is 12.5. The third kappa shape index (κ3) is 5.95. The summed E-state index contributed by atoms with van der Waals surface area (Å²) in [5.41, 5.74) is 3.63. The lowest BCUT2D eigenvalue weighted by molar-refractivity contribution is 0.0949. The maximum absolute atomic E-state index is 12.5. The molecule has 0 aliphatic carbocycles. The zero-order valence-electron chi connectivity index (χ0n) is 18.4. The predicted octanol–water partition coefficient (Wildman–Crippen LogP) is 6.55. The van der Waals surface area contributed by atoms with Gasteiger partial charge in [0.25, 0.3) is 5.91 Å². The number of imidazole rings is 1. The van der Waals surface area contributed by atoms with E-state index in [1.165, 1.54) is 0 Å². The number of amides is 1. The number of carbonyl (C=O) groups is 1. The van der Waals surface area contributed by atoms with Gasteiger partial charge in [0.15, 0.2) is 0 Å². The second-order valence-electron chi connectivity index (χ2n) is 7.82. The number of hydrogen-bond acceptors (Lipinski definition) is 3. The topological polar surface area (TPSA) is 56.1 Å². The van der Waals surface area contributed by atoms with Crippen LogP contribution in [0.25, 0.3) is 11.0 Å². The van der Waals surface area contributed by atoms with Crippen LogP contribution < -0.4 is 10.1 Å². The van der Waals surface area contributed by atoms with E-state index in [0.717, 1.165) is 57.1 Å². The van der Waals surface area contributed by atoms with Gasteiger partial charge in [-0.1, -0.05) is 39.7 Å². The van der Waals surface area contributed by atoms with Crippen LogP contribution in [0.4, 0.5) is 0 Å². The Morgan fingerprint density at radius 1 is 1.09 bits per heavy atom. The zero-order valence-corrected chi connectivity index (χ0v) is 20.7. The summed E-state index contributed by atoms with van der Waals surface area (Å²) >= 11 is 9.47. The van der Waals surface area contributed by atoms with Crippen LogP contribution in [0.2, 0.25) is 5.02 Å². The van der Waals surface area contributed by atoms with Gasteiger partial charge in [-0.15, -0.1) is 0 Å². The summed E-state index contributed by atoms with van der Waals surface area (Å²) in [6.07, 6.45) is 1.83. The number of unbranched alkanes of at least 4 members (excludes halogenated alkanes) is 1. The fourth-order valence-corrected chi connectivity index (χ4v) is 4.02. The Hall–Kier alpha value is -2.83. The molecule has 0 saturated heterocycles. The van der Waals surface area contributed by atoms with Crippen molar-refractivity contribution >= 4 is 44.5 Å². The van der Waals surface area contributed by atoms with E-state index >= 15 is 0 Å². The number of hydrogen-bond donors (Lipinski definition) is 1. The standard InChI is InChI=1S/C26H25BrClN3O2/c1-18-16-21(12-13-22(18)28)33-15-5-4-14-31-24-7-3-2-6-23(24)30-25(31)17-29-26(32)19-8-10-20(27)11-9-19/h2-3,6-13,16H,4-5,14-15,17H2,1H3,(H,29,32). The number of para-hydroxylation sites is 2. The van der Waals surface area contributed by atoms with E-state index in [2.05, 4.69) is 31.9 Å². The van der Waals surface area contributed by atoms with Crippen LogP contribution in [0, 0.1) is 6.92 Å². The molecule has 1 aromatic heterocycles. The molecule has 0 aliphatic rings. The molecule has 0 spiro atoms. The summed E-state index contributed by atoms with van der Waals surface area (Å²) in [4.78, 5) is 17.3. The molecule has 0 saturated carbocycles. The molecule has 0 atom stereocenters. The molecule has 0 aliphatic heterocycles. The third-order valence-corrected chi connectivity index (χ3v) is 6.37. The minimum Gasteiger partial charge on any atom is -0.494 e. The maximum Gasteiger partial charge on any atom is 0.251 e. The van der Waals surface area contributed by atoms with Crippen LogP contribution in [-0.4, -0.2) is 22.1 Å². The number of nitrogens with one attached hydrogen (secondary N) is 1. The van der Waals surface area contributed by atoms with Crippen LogP contribution in [-0.2, 0) is 13.1 Å². The summed E-state index contributed by atoms with van der Waals surface area (Å²) in [5.74, 6) is 1.56. The Morgan fingerprint density at radius 3 is 2.67 bits per heavy atom. The highest BCUT2D eigenvalue weighted by Gasteiger charge is 2.12. The number of rotatable bonds is 9. The largest absolute Gasteiger partial charge is 0.494 e. The highest BCUT2D eigenvalue weighted by Crippen LogP contribution is 2.22. The number of carbonyl (C=O) groups excluding carboxylic acids is 1. The van der Waals surface area contributed by atoms with Gasteiger partial charge < -0.3 is 14.6 Å². The SMILES string of the molecule is Cc1cc(OCCCCn2c(CNC(=O)c3ccc(Br)cc3)nc3ccccc32)ccc1Cl. The molecule has 33 heavy (non-hydrogen) atoms. The lowest BCUT2D eigenvalue weighted by Gasteiger charge is -2.11. The predicted molar refractivity (Wildman–Crippen MR) is 136 cm³/mol. The third-order valence-electron chi connectivity index (χ3n) is 5.42. The Labute approximate surface area is 206 Å². The van der Waals surface area contributed by atoms with Crippen LogP contribution >= 0.6 is 27.5 Å². The second kappa shape index (κ2) is 10.9. The van der Waals surface area contributed by atoms with E-state index in [1.807, 2.05) is 55.5 Å². The summed E-state index contributed by atoms with van der Waals surface area (Å²) in [7, 11) is 0. The summed E-state index contributed by atoms with van der Waals surface area (Å²) in [6, 6.07) is 21.1. The van der Waals surface area contributed by atoms with E-state index in [4.69, 9.17) is 21.3 Å². The molecule has 170 valence electrons. The molecular formula is C26H25BrClN3O2. The number of fused-ring (bicyclic) bond motifs is 1. The molecule has 0 fully saturated rings. The van der Waals surface area contributed by atoms with Crippen LogP contribution in [0.5, 0.6) is 5.75 Å². The highest BCUT2D eigenvalue weighted by atomic mass is 79.9. The van der Waals surface area contributed by atoms with Crippen molar-refractivity contribution in [3.8, 4) is 5.75 Å². The van der Waals surface area contributed by atoms with Crippen molar-refractivity contribution in [1.82, 2.24) is 14.9 Å². The number of benzene rings is 3. The van der Waals surface area contributed by atoms with Crippen molar-refractivity contribution in [3.05, 3.63) is 93.2 Å². The Bertz CT molecular complexity index is 1250. The van der Waals surface area contributed by atoms with E-state index in [0.29, 0.717) is 18.7 Å². The first-order valence-corrected chi connectivity index (χ1v) is 12.1. The van der Waals surface area contributed by atoms with Crippen molar-refractivity contribution in [3.63, 3.8) is 0 Å². The lowest BCUT2D eigenvalue weighted by Crippen LogP contribution is -2.24. The van der Waals surface area contributed by atoms with E-state index in [-0.39, 0.29) is 5.91 Å². The Balaban J connectivity index is 1.37. The normalized spacial score (nSPS) is 11.0. The fraction of sp³-hybridized carbons (Fsp3) is 0.231. The first kappa shape index (κ1) is 23.3. The van der Waals surface area contributed by atoms with Crippen molar-refractivity contribution in [2.45, 2.75) is 32.9 Å². The molecule has 1 N–H and O–H groups in total. The summed E-state index contributed by atoms with van der Waals surface area (Å²) in [6.45, 7) is 3.76. The lowest BCUT2D eigenvalue weighted by atomic mass is 10.2. The molecule has 0 bridgehead atoms. The second-order valence-corrected chi connectivity index (χ2v) is 9.15. The smallest absolute Gasteiger partial charge is 0.251 e. The Morgan fingerprint density at radius 2 is 1.88 bits per heavy atom. The first-order chi connectivity index (χ1) is 16.0. The molecule has 4 rings (SSSR count). The van der Waals surface area contributed by atoms with Gasteiger partial charge in [0, 0.05) is 21.6 Å². The summed E-state index contributed by atoms with van der Waals surface area (Å²) in [5, 5.41) is 3.74. The van der Waals surface area contributed by atoms with Gasteiger partial charge in [0.05, 0.1) is 24.2 Å². The van der Waals surface area contributed by atoms with Gasteiger partial charge in [-0.05, 0) is 79.9 Å². The molecule has 7 heteroatoms. The quantitative estimate of drug-likeness (QED) is 0.252. The van der Waals surface area contributed by atoms with E-state index < -0.39 is 0 Å². The van der Waals surface area contributed by atoms with Crippen LogP contribution in [0.15, 0.2) is 71.2 Å². The molecule has 0 unspecified atom stereocenters. The minimum absolute atomic E-state index is 0.118. The van der Waals surface area contributed by atoms with Crippen LogP contribution in [0.1, 0.15) is 34.6 Å². The van der Waals surface area contributed by atoms with Crippen molar-refractivity contribution in [2.24, 2.45) is 0 Å². The molecule has 1 heterocycles. The van der Waals surface area contributed by atoms with Gasteiger partial charge in [0.2, 0.25) is 0 Å². The zero-order chi connectivity index (χ0) is 23.2. The first-order valence-electron chi connectivity index (χ1n) is 10.9. The van der Waals surface area contributed by atoms with Crippen molar-refractivity contribution in [1.29, 1.82) is 0 Å². The van der Waals surface area contributed by atoms with Crippen molar-refractivity contribution in [2.75, 3.05) is 6.61 Å². The van der Waals surface area contributed by atoms with Gasteiger partial charge >= 0.3 is 0 Å². The average molecular weight is 527 g/mol.